The van der Waals surface area contributed by atoms with Crippen molar-refractivity contribution in [3.63, 3.8) is 0 Å². The van der Waals surface area contributed by atoms with Crippen molar-refractivity contribution < 1.29 is 0 Å². The van der Waals surface area contributed by atoms with Gasteiger partial charge in [-0.15, -0.1) is 11.3 Å². The van der Waals surface area contributed by atoms with Crippen LogP contribution in [0.15, 0.2) is 6.20 Å². The number of hydrogen-bond acceptors (Lipinski definition) is 3. The Bertz CT molecular complexity index is 378. The third-order valence-corrected chi connectivity index (χ3v) is 5.00. The third-order valence-electron chi connectivity index (χ3n) is 4.09. The molecule has 1 aromatic rings. The minimum atomic E-state index is 0.418. The molecule has 1 aliphatic rings. The Morgan fingerprint density at radius 2 is 2.06 bits per heavy atom. The van der Waals surface area contributed by atoms with Gasteiger partial charge in [0.25, 0.3) is 0 Å². The van der Waals surface area contributed by atoms with Crippen LogP contribution in [0.5, 0.6) is 0 Å². The largest absolute Gasteiger partial charge is 0.309 e. The van der Waals surface area contributed by atoms with Crippen LogP contribution in [0.25, 0.3) is 0 Å². The standard InChI is InChI=1S/C15H26N2S/c1-11-16-9-12(18-11)10-17-14-8-6-5-7-13(14)15(2,3)4/h9,13-14,17H,5-8,10H2,1-4H3. The Hall–Kier alpha value is -0.410. The smallest absolute Gasteiger partial charge is 0.0897 e. The Balaban J connectivity index is 1.93. The second-order valence-electron chi connectivity index (χ2n) is 6.59. The van der Waals surface area contributed by atoms with E-state index in [4.69, 9.17) is 0 Å². The highest BCUT2D eigenvalue weighted by Crippen LogP contribution is 2.38. The second kappa shape index (κ2) is 5.70. The first-order valence-electron chi connectivity index (χ1n) is 7.11. The molecular weight excluding hydrogens is 240 g/mol. The van der Waals surface area contributed by atoms with Gasteiger partial charge < -0.3 is 5.32 Å². The molecule has 1 fully saturated rings. The summed E-state index contributed by atoms with van der Waals surface area (Å²) in [5.41, 5.74) is 0.418. The third kappa shape index (κ3) is 3.55. The molecule has 3 heteroatoms. The average molecular weight is 266 g/mol. The van der Waals surface area contributed by atoms with E-state index in [1.165, 1.54) is 35.6 Å². The zero-order chi connectivity index (χ0) is 13.2. The Morgan fingerprint density at radius 1 is 1.33 bits per heavy atom. The molecule has 1 aliphatic carbocycles. The number of nitrogens with zero attached hydrogens (tertiary/aromatic N) is 1. The lowest BCUT2D eigenvalue weighted by atomic mass is 9.69. The van der Waals surface area contributed by atoms with Crippen LogP contribution in [0.2, 0.25) is 0 Å². The first-order chi connectivity index (χ1) is 8.47. The molecule has 18 heavy (non-hydrogen) atoms. The molecular formula is C15H26N2S. The Labute approximate surface area is 115 Å². The van der Waals surface area contributed by atoms with Crippen LogP contribution in [-0.2, 0) is 6.54 Å². The van der Waals surface area contributed by atoms with Crippen molar-refractivity contribution in [2.75, 3.05) is 0 Å². The van der Waals surface area contributed by atoms with E-state index in [2.05, 4.69) is 38.0 Å². The van der Waals surface area contributed by atoms with Crippen molar-refractivity contribution in [1.29, 1.82) is 0 Å². The summed E-state index contributed by atoms with van der Waals surface area (Å²) in [6, 6.07) is 0.682. The summed E-state index contributed by atoms with van der Waals surface area (Å²) < 4.78 is 0. The normalized spacial score (nSPS) is 25.3. The van der Waals surface area contributed by atoms with Crippen LogP contribution in [0.3, 0.4) is 0 Å². The Morgan fingerprint density at radius 3 is 2.67 bits per heavy atom. The van der Waals surface area contributed by atoms with Crippen LogP contribution in [0.1, 0.15) is 56.3 Å². The number of nitrogens with one attached hydrogen (secondary N) is 1. The average Bonchev–Trinajstić information content (AvgIpc) is 2.72. The zero-order valence-electron chi connectivity index (χ0n) is 12.1. The van der Waals surface area contributed by atoms with E-state index in [1.54, 1.807) is 0 Å². The summed E-state index contributed by atoms with van der Waals surface area (Å²) >= 11 is 1.81. The summed E-state index contributed by atoms with van der Waals surface area (Å²) in [4.78, 5) is 5.69. The Kier molecular flexibility index (Phi) is 4.44. The van der Waals surface area contributed by atoms with Crippen molar-refractivity contribution in [1.82, 2.24) is 10.3 Å². The maximum absolute atomic E-state index is 4.33. The first kappa shape index (κ1) is 14.0. The van der Waals surface area contributed by atoms with Gasteiger partial charge in [-0.3, -0.25) is 0 Å². The molecule has 0 aliphatic heterocycles. The molecule has 0 radical (unpaired) electrons. The van der Waals surface area contributed by atoms with Gasteiger partial charge in [-0.2, -0.15) is 0 Å². The lowest BCUT2D eigenvalue weighted by Crippen LogP contribution is -2.43. The molecule has 0 bridgehead atoms. The molecule has 2 nitrogen and oxygen atoms in total. The van der Waals surface area contributed by atoms with E-state index in [0.29, 0.717) is 11.5 Å². The van der Waals surface area contributed by atoms with E-state index in [-0.39, 0.29) is 0 Å². The highest BCUT2D eigenvalue weighted by Gasteiger charge is 2.33. The highest BCUT2D eigenvalue weighted by molar-refractivity contribution is 7.11. The topological polar surface area (TPSA) is 24.9 Å². The van der Waals surface area contributed by atoms with Gasteiger partial charge >= 0.3 is 0 Å². The summed E-state index contributed by atoms with van der Waals surface area (Å²) in [5, 5.41) is 4.95. The minimum absolute atomic E-state index is 0.418. The van der Waals surface area contributed by atoms with Gasteiger partial charge in [-0.25, -0.2) is 4.98 Å². The number of aromatic nitrogens is 1. The number of thiazole rings is 1. The number of hydrogen-bond donors (Lipinski definition) is 1. The second-order valence-corrected chi connectivity index (χ2v) is 7.91. The van der Waals surface area contributed by atoms with Crippen LogP contribution < -0.4 is 5.32 Å². The van der Waals surface area contributed by atoms with Crippen molar-refractivity contribution in [2.24, 2.45) is 11.3 Å². The predicted octanol–water partition coefficient (Wildman–Crippen LogP) is 4.15. The highest BCUT2D eigenvalue weighted by atomic mass is 32.1. The molecule has 1 saturated carbocycles. The lowest BCUT2D eigenvalue weighted by Gasteiger charge is -2.41. The van der Waals surface area contributed by atoms with E-state index >= 15 is 0 Å². The maximum atomic E-state index is 4.33. The van der Waals surface area contributed by atoms with Gasteiger partial charge in [0.05, 0.1) is 5.01 Å². The first-order valence-corrected chi connectivity index (χ1v) is 7.93. The quantitative estimate of drug-likeness (QED) is 0.889. The molecule has 2 atom stereocenters. The van der Waals surface area contributed by atoms with Gasteiger partial charge in [-0.05, 0) is 31.1 Å². The molecule has 2 unspecified atom stereocenters. The summed E-state index contributed by atoms with van der Waals surface area (Å²) in [7, 11) is 0. The fourth-order valence-corrected chi connectivity index (χ4v) is 3.88. The fraction of sp³-hybridized carbons (Fsp3) is 0.800. The van der Waals surface area contributed by atoms with Crippen LogP contribution in [-0.4, -0.2) is 11.0 Å². The molecule has 0 amide bonds. The van der Waals surface area contributed by atoms with Crippen molar-refractivity contribution in [3.05, 3.63) is 16.1 Å². The molecule has 0 aromatic carbocycles. The zero-order valence-corrected chi connectivity index (χ0v) is 12.9. The van der Waals surface area contributed by atoms with Crippen molar-refractivity contribution >= 4 is 11.3 Å². The summed E-state index contributed by atoms with van der Waals surface area (Å²) in [5.74, 6) is 0.806. The van der Waals surface area contributed by atoms with Crippen LogP contribution >= 0.6 is 11.3 Å². The molecule has 102 valence electrons. The minimum Gasteiger partial charge on any atom is -0.309 e. The van der Waals surface area contributed by atoms with Crippen molar-refractivity contribution in [2.45, 2.75) is 66.0 Å². The van der Waals surface area contributed by atoms with Gasteiger partial charge in [-0.1, -0.05) is 33.6 Å². The maximum Gasteiger partial charge on any atom is 0.0897 e. The molecule has 0 spiro atoms. The molecule has 2 rings (SSSR count). The molecule has 1 aromatic heterocycles. The number of aryl methyl sites for hydroxylation is 1. The van der Waals surface area contributed by atoms with Crippen LogP contribution in [0.4, 0.5) is 0 Å². The van der Waals surface area contributed by atoms with E-state index in [9.17, 15) is 0 Å². The van der Waals surface area contributed by atoms with Gasteiger partial charge in [0.1, 0.15) is 0 Å². The fourth-order valence-electron chi connectivity index (χ4n) is 3.13. The predicted molar refractivity (Wildman–Crippen MR) is 78.9 cm³/mol. The molecule has 1 heterocycles. The molecule has 0 saturated heterocycles. The van der Waals surface area contributed by atoms with Crippen LogP contribution in [0, 0.1) is 18.3 Å². The monoisotopic (exact) mass is 266 g/mol. The summed E-state index contributed by atoms with van der Waals surface area (Å²) in [6.07, 6.45) is 7.51. The van der Waals surface area contributed by atoms with E-state index in [0.717, 1.165) is 12.5 Å². The lowest BCUT2D eigenvalue weighted by molar-refractivity contribution is 0.130. The van der Waals surface area contributed by atoms with Gasteiger partial charge in [0.15, 0.2) is 0 Å². The van der Waals surface area contributed by atoms with Crippen molar-refractivity contribution in [3.8, 4) is 0 Å². The summed E-state index contributed by atoms with van der Waals surface area (Å²) in [6.45, 7) is 10.2. The number of rotatable bonds is 3. The molecule has 1 N–H and O–H groups in total. The van der Waals surface area contributed by atoms with E-state index < -0.39 is 0 Å². The van der Waals surface area contributed by atoms with Gasteiger partial charge in [0, 0.05) is 23.7 Å². The van der Waals surface area contributed by atoms with Gasteiger partial charge in [0.2, 0.25) is 0 Å². The van der Waals surface area contributed by atoms with E-state index in [1.807, 2.05) is 17.5 Å². The SMILES string of the molecule is Cc1ncc(CNC2CCCCC2C(C)(C)C)s1.